The molecular weight excluding hydrogens is 168 g/mol. The molecule has 0 aromatic carbocycles. The normalized spacial score (nSPS) is 24.6. The Morgan fingerprint density at radius 3 is 2.27 bits per heavy atom. The average molecular weight is 180 g/mol. The fourth-order valence-electron chi connectivity index (χ4n) is 1.26. The monoisotopic (exact) mass is 180 g/mol. The highest BCUT2D eigenvalue weighted by molar-refractivity contribution is 7.88. The molecule has 0 atom stereocenters. The van der Waals surface area contributed by atoms with Crippen molar-refractivity contribution in [3.63, 3.8) is 0 Å². The number of nitrogens with one attached hydrogen (secondary N) is 1. The summed E-state index contributed by atoms with van der Waals surface area (Å²) in [6, 6.07) is 0. The van der Waals surface area contributed by atoms with E-state index >= 15 is 0 Å². The first-order valence-corrected chi connectivity index (χ1v) is 5.10. The Balaban J connectivity index is 2.51. The van der Waals surface area contributed by atoms with Gasteiger partial charge < -0.3 is 5.11 Å². The predicted molar refractivity (Wildman–Crippen MR) is 40.4 cm³/mol. The van der Waals surface area contributed by atoms with Crippen LogP contribution in [-0.2, 0) is 10.0 Å². The molecule has 0 amide bonds. The number of aliphatic hydroxyl groups is 1. The van der Waals surface area contributed by atoms with Crippen LogP contribution in [0.5, 0.6) is 0 Å². The van der Waals surface area contributed by atoms with E-state index in [1.54, 1.807) is 7.05 Å². The maximum absolute atomic E-state index is 10.7. The Morgan fingerprint density at radius 1 is 1.55 bits per heavy atom. The van der Waals surface area contributed by atoms with Gasteiger partial charge in [0.25, 0.3) is 0 Å². The van der Waals surface area contributed by atoms with Gasteiger partial charge >= 0.3 is 0 Å². The number of likely N-dealkylation sites (tertiary alicyclic amines) is 1. The summed E-state index contributed by atoms with van der Waals surface area (Å²) >= 11 is 0. The van der Waals surface area contributed by atoms with Crippen molar-refractivity contribution in [2.45, 2.75) is 5.72 Å². The third-order valence-corrected chi connectivity index (χ3v) is 2.19. The van der Waals surface area contributed by atoms with Crippen LogP contribution in [0.1, 0.15) is 0 Å². The third kappa shape index (κ3) is 2.41. The Morgan fingerprint density at radius 2 is 2.00 bits per heavy atom. The lowest BCUT2D eigenvalue weighted by Gasteiger charge is -2.43. The summed E-state index contributed by atoms with van der Waals surface area (Å²) in [5, 5.41) is 9.38. The molecule has 1 heterocycles. The number of rotatable bonds is 2. The molecule has 11 heavy (non-hydrogen) atoms. The molecule has 2 N–H and O–H groups in total. The number of nitrogens with zero attached hydrogens (tertiary/aromatic N) is 1. The molecule has 0 aromatic heterocycles. The molecule has 5 nitrogen and oxygen atoms in total. The van der Waals surface area contributed by atoms with Crippen molar-refractivity contribution in [1.82, 2.24) is 9.62 Å². The van der Waals surface area contributed by atoms with Gasteiger partial charge in [-0.05, 0) is 7.05 Å². The number of sulfonamides is 1. The van der Waals surface area contributed by atoms with Gasteiger partial charge in [0.2, 0.25) is 10.0 Å². The fourth-order valence-corrected chi connectivity index (χ4v) is 2.08. The van der Waals surface area contributed by atoms with Crippen molar-refractivity contribution in [2.24, 2.45) is 0 Å². The second-order valence-electron chi connectivity index (χ2n) is 3.08. The van der Waals surface area contributed by atoms with Crippen LogP contribution in [0.25, 0.3) is 0 Å². The highest BCUT2D eigenvalue weighted by Crippen LogP contribution is 2.15. The molecule has 1 saturated heterocycles. The van der Waals surface area contributed by atoms with Crippen LogP contribution in [-0.4, -0.2) is 50.5 Å². The Hall–Kier alpha value is -0.170. The summed E-state index contributed by atoms with van der Waals surface area (Å²) in [6.45, 7) is 0.695. The SMILES string of the molecule is CN1CC(O)(NS(C)(=O)=O)C1. The molecule has 0 aliphatic carbocycles. The van der Waals surface area contributed by atoms with Crippen LogP contribution in [0.3, 0.4) is 0 Å². The van der Waals surface area contributed by atoms with E-state index in [1.165, 1.54) is 0 Å². The van der Waals surface area contributed by atoms with Crippen molar-refractivity contribution in [1.29, 1.82) is 0 Å². The van der Waals surface area contributed by atoms with Gasteiger partial charge in [0, 0.05) is 13.1 Å². The van der Waals surface area contributed by atoms with Gasteiger partial charge in [0.1, 0.15) is 0 Å². The quantitative estimate of drug-likeness (QED) is 0.490. The largest absolute Gasteiger partial charge is 0.372 e. The number of β-amino-alcohol motifs (C(OH)–C–C–N with tert-alkyl or cyclic N) is 1. The molecular formula is C5H12N2O3S. The second-order valence-corrected chi connectivity index (χ2v) is 4.83. The zero-order valence-electron chi connectivity index (χ0n) is 6.53. The first-order valence-electron chi connectivity index (χ1n) is 3.21. The summed E-state index contributed by atoms with van der Waals surface area (Å²) in [6.07, 6.45) is 1.03. The van der Waals surface area contributed by atoms with Crippen molar-refractivity contribution >= 4 is 10.0 Å². The smallest absolute Gasteiger partial charge is 0.211 e. The van der Waals surface area contributed by atoms with E-state index in [4.69, 9.17) is 0 Å². The van der Waals surface area contributed by atoms with Gasteiger partial charge in [-0.1, -0.05) is 0 Å². The fraction of sp³-hybridized carbons (Fsp3) is 1.00. The molecule has 0 spiro atoms. The van der Waals surface area contributed by atoms with Gasteiger partial charge in [-0.3, -0.25) is 4.90 Å². The summed E-state index contributed by atoms with van der Waals surface area (Å²) in [5.41, 5.74) is -1.23. The molecule has 0 bridgehead atoms. The van der Waals surface area contributed by atoms with E-state index in [1.807, 2.05) is 4.90 Å². The topological polar surface area (TPSA) is 69.6 Å². The van der Waals surface area contributed by atoms with E-state index in [0.29, 0.717) is 13.1 Å². The third-order valence-electron chi connectivity index (χ3n) is 1.44. The molecule has 0 radical (unpaired) electrons. The van der Waals surface area contributed by atoms with Crippen LogP contribution in [0.2, 0.25) is 0 Å². The molecule has 0 saturated carbocycles. The van der Waals surface area contributed by atoms with Crippen LogP contribution >= 0.6 is 0 Å². The minimum absolute atomic E-state index is 0.347. The molecule has 1 aliphatic rings. The van der Waals surface area contributed by atoms with Crippen molar-refractivity contribution in [3.05, 3.63) is 0 Å². The molecule has 1 fully saturated rings. The molecule has 0 aromatic rings. The summed E-state index contributed by atoms with van der Waals surface area (Å²) in [4.78, 5) is 1.82. The minimum Gasteiger partial charge on any atom is -0.372 e. The summed E-state index contributed by atoms with van der Waals surface area (Å²) in [5.74, 6) is 0. The average Bonchev–Trinajstić information content (AvgIpc) is 1.53. The minimum atomic E-state index is -3.29. The van der Waals surface area contributed by atoms with Gasteiger partial charge in [-0.15, -0.1) is 0 Å². The molecule has 1 aliphatic heterocycles. The lowest BCUT2D eigenvalue weighted by Crippen LogP contribution is -2.68. The van der Waals surface area contributed by atoms with E-state index in [0.717, 1.165) is 6.26 Å². The van der Waals surface area contributed by atoms with Gasteiger partial charge in [-0.25, -0.2) is 8.42 Å². The maximum atomic E-state index is 10.7. The Kier molecular flexibility index (Phi) is 1.96. The van der Waals surface area contributed by atoms with Crippen molar-refractivity contribution in [3.8, 4) is 0 Å². The van der Waals surface area contributed by atoms with Crippen molar-refractivity contribution < 1.29 is 13.5 Å². The van der Waals surface area contributed by atoms with Crippen molar-refractivity contribution in [2.75, 3.05) is 26.4 Å². The lowest BCUT2D eigenvalue weighted by molar-refractivity contribution is -0.0936. The van der Waals surface area contributed by atoms with Crippen LogP contribution in [0, 0.1) is 0 Å². The maximum Gasteiger partial charge on any atom is 0.211 e. The highest BCUT2D eigenvalue weighted by Gasteiger charge is 2.41. The second kappa shape index (κ2) is 2.41. The number of likely N-dealkylation sites (N-methyl/N-ethyl adjacent to an activating group) is 1. The van der Waals surface area contributed by atoms with E-state index in [9.17, 15) is 13.5 Å². The molecule has 6 heteroatoms. The standard InChI is InChI=1S/C5H12N2O3S/c1-7-3-5(8,4-7)6-11(2,9)10/h6,8H,3-4H2,1-2H3. The van der Waals surface area contributed by atoms with E-state index < -0.39 is 15.7 Å². The van der Waals surface area contributed by atoms with Gasteiger partial charge in [-0.2, -0.15) is 4.72 Å². The zero-order valence-corrected chi connectivity index (χ0v) is 7.35. The predicted octanol–water partition coefficient (Wildman–Crippen LogP) is -1.83. The highest BCUT2D eigenvalue weighted by atomic mass is 32.2. The molecule has 66 valence electrons. The zero-order chi connectivity index (χ0) is 8.70. The van der Waals surface area contributed by atoms with Crippen LogP contribution < -0.4 is 4.72 Å². The molecule has 1 rings (SSSR count). The first-order chi connectivity index (χ1) is 4.81. The van der Waals surface area contributed by atoms with Crippen LogP contribution in [0.15, 0.2) is 0 Å². The summed E-state index contributed by atoms with van der Waals surface area (Å²) < 4.78 is 23.5. The van der Waals surface area contributed by atoms with Gasteiger partial charge in [0.15, 0.2) is 5.72 Å². The number of hydrogen-bond donors (Lipinski definition) is 2. The van der Waals surface area contributed by atoms with Crippen LogP contribution in [0.4, 0.5) is 0 Å². The number of hydrogen-bond acceptors (Lipinski definition) is 4. The Bertz CT molecular complexity index is 242. The van der Waals surface area contributed by atoms with Gasteiger partial charge in [0.05, 0.1) is 6.26 Å². The van der Waals surface area contributed by atoms with E-state index in [-0.39, 0.29) is 0 Å². The van der Waals surface area contributed by atoms with E-state index in [2.05, 4.69) is 4.72 Å². The first kappa shape index (κ1) is 8.92. The summed E-state index contributed by atoms with van der Waals surface area (Å²) in [7, 11) is -1.49. The molecule has 0 unspecified atom stereocenters. The Labute approximate surface area is 66.1 Å². The lowest BCUT2D eigenvalue weighted by atomic mass is 10.1.